The standard InChI is InChI=1S/C17H27ClN2O/c1-4-15-12-20(7-8-21-15)17-6-5-14(9-16(17)18)11-19-10-13(2)3/h5-6,9,13,15,19H,4,7-8,10-12H2,1-3H3. The number of hydrogen-bond donors (Lipinski definition) is 1. The van der Waals surface area contributed by atoms with Gasteiger partial charge in [0, 0.05) is 19.6 Å². The van der Waals surface area contributed by atoms with E-state index in [4.69, 9.17) is 16.3 Å². The zero-order chi connectivity index (χ0) is 15.2. The number of rotatable bonds is 6. The first-order valence-corrected chi connectivity index (χ1v) is 8.33. The van der Waals surface area contributed by atoms with Crippen molar-refractivity contribution in [1.82, 2.24) is 5.32 Å². The SMILES string of the molecule is CCC1CN(c2ccc(CNCC(C)C)cc2Cl)CCO1. The quantitative estimate of drug-likeness (QED) is 0.867. The zero-order valence-corrected chi connectivity index (χ0v) is 14.1. The van der Waals surface area contributed by atoms with Crippen molar-refractivity contribution in [3.8, 4) is 0 Å². The average Bonchev–Trinajstić information content (AvgIpc) is 2.47. The minimum Gasteiger partial charge on any atom is -0.375 e. The molecule has 0 spiro atoms. The highest BCUT2D eigenvalue weighted by Gasteiger charge is 2.20. The summed E-state index contributed by atoms with van der Waals surface area (Å²) in [4.78, 5) is 2.34. The van der Waals surface area contributed by atoms with Gasteiger partial charge in [0.05, 0.1) is 23.4 Å². The third-order valence-electron chi connectivity index (χ3n) is 3.83. The van der Waals surface area contributed by atoms with E-state index in [0.29, 0.717) is 12.0 Å². The maximum atomic E-state index is 6.48. The number of hydrogen-bond acceptors (Lipinski definition) is 3. The molecule has 118 valence electrons. The molecule has 1 aliphatic heterocycles. The normalized spacial score (nSPS) is 19.3. The first-order chi connectivity index (χ1) is 10.1. The van der Waals surface area contributed by atoms with E-state index < -0.39 is 0 Å². The highest BCUT2D eigenvalue weighted by molar-refractivity contribution is 6.33. The minimum atomic E-state index is 0.321. The van der Waals surface area contributed by atoms with Gasteiger partial charge in [0.25, 0.3) is 0 Å². The van der Waals surface area contributed by atoms with E-state index in [9.17, 15) is 0 Å². The first-order valence-electron chi connectivity index (χ1n) is 7.95. The van der Waals surface area contributed by atoms with Gasteiger partial charge in [0.2, 0.25) is 0 Å². The van der Waals surface area contributed by atoms with E-state index >= 15 is 0 Å². The van der Waals surface area contributed by atoms with Crippen LogP contribution in [0.4, 0.5) is 5.69 Å². The number of nitrogens with zero attached hydrogens (tertiary/aromatic N) is 1. The zero-order valence-electron chi connectivity index (χ0n) is 13.4. The lowest BCUT2D eigenvalue weighted by Gasteiger charge is -2.34. The molecule has 0 radical (unpaired) electrons. The lowest BCUT2D eigenvalue weighted by atomic mass is 10.1. The molecule has 3 nitrogen and oxygen atoms in total. The van der Waals surface area contributed by atoms with Crippen LogP contribution in [0.5, 0.6) is 0 Å². The van der Waals surface area contributed by atoms with E-state index in [0.717, 1.165) is 49.9 Å². The van der Waals surface area contributed by atoms with Gasteiger partial charge in [-0.1, -0.05) is 38.4 Å². The van der Waals surface area contributed by atoms with Crippen molar-refractivity contribution in [2.75, 3.05) is 31.1 Å². The molecule has 1 aliphatic rings. The predicted molar refractivity (Wildman–Crippen MR) is 90.2 cm³/mol. The van der Waals surface area contributed by atoms with Gasteiger partial charge in [-0.15, -0.1) is 0 Å². The highest BCUT2D eigenvalue weighted by atomic mass is 35.5. The number of benzene rings is 1. The molecule has 21 heavy (non-hydrogen) atoms. The summed E-state index contributed by atoms with van der Waals surface area (Å²) >= 11 is 6.48. The molecule has 1 aromatic carbocycles. The van der Waals surface area contributed by atoms with Crippen molar-refractivity contribution in [3.63, 3.8) is 0 Å². The Hall–Kier alpha value is -0.770. The van der Waals surface area contributed by atoms with Gasteiger partial charge in [-0.25, -0.2) is 0 Å². The maximum Gasteiger partial charge on any atom is 0.0748 e. The molecule has 1 atom stereocenters. The number of halogens is 1. The molecule has 1 unspecified atom stereocenters. The third kappa shape index (κ3) is 4.87. The Balaban J connectivity index is 1.98. The molecule has 1 saturated heterocycles. The molecule has 1 aromatic rings. The van der Waals surface area contributed by atoms with Crippen LogP contribution >= 0.6 is 11.6 Å². The van der Waals surface area contributed by atoms with Crippen LogP contribution in [0.2, 0.25) is 5.02 Å². The van der Waals surface area contributed by atoms with Gasteiger partial charge < -0.3 is 15.0 Å². The largest absolute Gasteiger partial charge is 0.375 e. The predicted octanol–water partition coefficient (Wildman–Crippen LogP) is 3.70. The molecule has 1 heterocycles. The monoisotopic (exact) mass is 310 g/mol. The van der Waals surface area contributed by atoms with Crippen LogP contribution in [0.15, 0.2) is 18.2 Å². The van der Waals surface area contributed by atoms with Gasteiger partial charge in [-0.2, -0.15) is 0 Å². The Morgan fingerprint density at radius 3 is 2.90 bits per heavy atom. The van der Waals surface area contributed by atoms with Crippen molar-refractivity contribution < 1.29 is 4.74 Å². The fraction of sp³-hybridized carbons (Fsp3) is 0.647. The molecule has 0 saturated carbocycles. The van der Waals surface area contributed by atoms with Crippen LogP contribution in [-0.2, 0) is 11.3 Å². The first kappa shape index (κ1) is 16.6. The molecule has 4 heteroatoms. The summed E-state index contributed by atoms with van der Waals surface area (Å²) in [5.74, 6) is 0.666. The Kier molecular flexibility index (Phi) is 6.34. The van der Waals surface area contributed by atoms with E-state index in [1.807, 2.05) is 0 Å². The van der Waals surface area contributed by atoms with Crippen molar-refractivity contribution in [2.24, 2.45) is 5.92 Å². The van der Waals surface area contributed by atoms with Crippen LogP contribution in [0.25, 0.3) is 0 Å². The second kappa shape index (κ2) is 8.02. The summed E-state index contributed by atoms with van der Waals surface area (Å²) in [5, 5.41) is 4.29. The van der Waals surface area contributed by atoms with Gasteiger partial charge in [-0.05, 0) is 36.6 Å². The Morgan fingerprint density at radius 1 is 1.43 bits per heavy atom. The van der Waals surface area contributed by atoms with Crippen molar-refractivity contribution in [2.45, 2.75) is 39.8 Å². The molecular formula is C17H27ClN2O. The average molecular weight is 311 g/mol. The number of morpholine rings is 1. The van der Waals surface area contributed by atoms with E-state index in [1.165, 1.54) is 5.56 Å². The van der Waals surface area contributed by atoms with Crippen LogP contribution in [0.1, 0.15) is 32.8 Å². The van der Waals surface area contributed by atoms with Crippen LogP contribution < -0.4 is 10.2 Å². The number of anilines is 1. The second-order valence-electron chi connectivity index (χ2n) is 6.16. The second-order valence-corrected chi connectivity index (χ2v) is 6.56. The summed E-state index contributed by atoms with van der Waals surface area (Å²) in [6, 6.07) is 6.40. The van der Waals surface area contributed by atoms with Crippen LogP contribution in [0.3, 0.4) is 0 Å². The smallest absolute Gasteiger partial charge is 0.0748 e. The van der Waals surface area contributed by atoms with Crippen molar-refractivity contribution >= 4 is 17.3 Å². The summed E-state index contributed by atoms with van der Waals surface area (Å²) in [6.45, 7) is 11.1. The molecule has 1 N–H and O–H groups in total. The van der Waals surface area contributed by atoms with Gasteiger partial charge in [-0.3, -0.25) is 0 Å². The topological polar surface area (TPSA) is 24.5 Å². The van der Waals surface area contributed by atoms with E-state index in [-0.39, 0.29) is 0 Å². The van der Waals surface area contributed by atoms with Crippen LogP contribution in [-0.4, -0.2) is 32.3 Å². The summed E-state index contributed by atoms with van der Waals surface area (Å²) in [7, 11) is 0. The summed E-state index contributed by atoms with van der Waals surface area (Å²) in [5.41, 5.74) is 2.37. The molecule has 0 aliphatic carbocycles. The van der Waals surface area contributed by atoms with Gasteiger partial charge in [0.1, 0.15) is 0 Å². The molecule has 0 bridgehead atoms. The number of nitrogens with one attached hydrogen (secondary N) is 1. The number of ether oxygens (including phenoxy) is 1. The van der Waals surface area contributed by atoms with E-state index in [2.05, 4.69) is 49.2 Å². The Bertz CT molecular complexity index is 450. The molecule has 0 aromatic heterocycles. The minimum absolute atomic E-state index is 0.321. The fourth-order valence-corrected chi connectivity index (χ4v) is 2.93. The molecule has 1 fully saturated rings. The Morgan fingerprint density at radius 2 is 2.24 bits per heavy atom. The maximum absolute atomic E-state index is 6.48. The van der Waals surface area contributed by atoms with Crippen molar-refractivity contribution in [1.29, 1.82) is 0 Å². The van der Waals surface area contributed by atoms with Crippen molar-refractivity contribution in [3.05, 3.63) is 28.8 Å². The molecule has 0 amide bonds. The van der Waals surface area contributed by atoms with Gasteiger partial charge in [0.15, 0.2) is 0 Å². The van der Waals surface area contributed by atoms with Gasteiger partial charge >= 0.3 is 0 Å². The highest BCUT2D eigenvalue weighted by Crippen LogP contribution is 2.28. The third-order valence-corrected chi connectivity index (χ3v) is 4.13. The van der Waals surface area contributed by atoms with Crippen LogP contribution in [0, 0.1) is 5.92 Å². The Labute approximate surface area is 133 Å². The summed E-state index contributed by atoms with van der Waals surface area (Å²) < 4.78 is 5.72. The molecule has 2 rings (SSSR count). The lowest BCUT2D eigenvalue weighted by molar-refractivity contribution is 0.0384. The lowest BCUT2D eigenvalue weighted by Crippen LogP contribution is -2.42. The molecular weight excluding hydrogens is 284 g/mol. The fourth-order valence-electron chi connectivity index (χ4n) is 2.61. The summed E-state index contributed by atoms with van der Waals surface area (Å²) in [6.07, 6.45) is 1.37. The van der Waals surface area contributed by atoms with E-state index in [1.54, 1.807) is 0 Å².